The molecule has 0 bridgehead atoms. The molecule has 7 heteroatoms. The van der Waals surface area contributed by atoms with Gasteiger partial charge in [-0.1, -0.05) is 11.6 Å². The molecular weight excluding hydrogens is 271 g/mol. The van der Waals surface area contributed by atoms with Gasteiger partial charge in [0.25, 0.3) is 0 Å². The molecule has 0 saturated carbocycles. The second kappa shape index (κ2) is 6.26. The average molecular weight is 277 g/mol. The Morgan fingerprint density at radius 3 is 2.37 bits per heavy atom. The summed E-state index contributed by atoms with van der Waals surface area (Å²) in [6.45, 7) is 0. The summed E-state index contributed by atoms with van der Waals surface area (Å²) in [7, 11) is 1.27. The number of allylic oxidation sites excluding steroid dienone is 2. The van der Waals surface area contributed by atoms with Gasteiger partial charge in [0, 0.05) is 0 Å². The summed E-state index contributed by atoms with van der Waals surface area (Å²) in [6, 6.07) is 7.33. The molecule has 0 unspecified atom stereocenters. The third-order valence-corrected chi connectivity index (χ3v) is 2.43. The van der Waals surface area contributed by atoms with Crippen molar-refractivity contribution in [3.8, 4) is 24.0 Å². The quantitative estimate of drug-likeness (QED) is 0.857. The largest absolute Gasteiger partial charge is 0.494 e. The van der Waals surface area contributed by atoms with Gasteiger partial charge in [-0.15, -0.1) is 0 Å². The number of hydrogen-bond acceptors (Lipinski definition) is 5. The normalized spacial score (nSPS) is 8.63. The van der Waals surface area contributed by atoms with E-state index in [1.165, 1.54) is 31.4 Å². The van der Waals surface area contributed by atoms with Crippen molar-refractivity contribution in [2.45, 2.75) is 0 Å². The number of halogens is 2. The number of benzene rings is 1. The Hall–Kier alpha value is -2.75. The molecule has 0 amide bonds. The summed E-state index contributed by atoms with van der Waals surface area (Å²) in [5, 5.41) is 28.5. The van der Waals surface area contributed by atoms with Gasteiger partial charge in [-0.2, -0.15) is 15.8 Å². The first kappa shape index (κ1) is 14.3. The zero-order chi connectivity index (χ0) is 14.4. The summed E-state index contributed by atoms with van der Waals surface area (Å²) in [5.74, 6) is -0.905. The summed E-state index contributed by atoms with van der Waals surface area (Å²) in [4.78, 5) is 0. The molecule has 0 heterocycles. The third kappa shape index (κ3) is 2.93. The van der Waals surface area contributed by atoms with Crippen LogP contribution < -0.4 is 10.1 Å². The van der Waals surface area contributed by atoms with E-state index >= 15 is 0 Å². The lowest BCUT2D eigenvalue weighted by atomic mass is 10.2. The fraction of sp³-hybridized carbons (Fsp3) is 0.0833. The highest BCUT2D eigenvalue weighted by molar-refractivity contribution is 6.33. The van der Waals surface area contributed by atoms with Gasteiger partial charge >= 0.3 is 0 Å². The molecule has 1 N–H and O–H groups in total. The van der Waals surface area contributed by atoms with Crippen molar-refractivity contribution in [3.05, 3.63) is 34.2 Å². The third-order valence-electron chi connectivity index (χ3n) is 2.11. The molecule has 0 aliphatic rings. The van der Waals surface area contributed by atoms with E-state index in [0.29, 0.717) is 0 Å². The number of nitriles is 3. The molecule has 1 aromatic rings. The number of nitrogens with zero attached hydrogens (tertiary/aromatic N) is 3. The van der Waals surface area contributed by atoms with Crippen molar-refractivity contribution in [3.63, 3.8) is 0 Å². The van der Waals surface area contributed by atoms with Gasteiger partial charge in [-0.3, -0.25) is 0 Å². The van der Waals surface area contributed by atoms with Crippen LogP contribution in [-0.4, -0.2) is 7.11 Å². The van der Waals surface area contributed by atoms with Gasteiger partial charge in [0.15, 0.2) is 17.1 Å². The zero-order valence-electron chi connectivity index (χ0n) is 9.66. The standard InChI is InChI=1S/C12H6ClFN4O/c1-19-10-3-2-8(13)12(11(10)14)18-9(6-17)7(4-15)5-16/h2-3,18H,1H3. The lowest BCUT2D eigenvalue weighted by molar-refractivity contribution is 0.387. The van der Waals surface area contributed by atoms with Crippen LogP contribution in [0, 0.1) is 39.8 Å². The van der Waals surface area contributed by atoms with Gasteiger partial charge in [0.05, 0.1) is 17.8 Å². The lowest BCUT2D eigenvalue weighted by Crippen LogP contribution is -2.04. The van der Waals surface area contributed by atoms with Crippen LogP contribution in [0.4, 0.5) is 10.1 Å². The Morgan fingerprint density at radius 1 is 1.26 bits per heavy atom. The molecule has 0 radical (unpaired) electrons. The number of methoxy groups -OCH3 is 1. The number of nitrogens with one attached hydrogen (secondary N) is 1. The number of ether oxygens (including phenoxy) is 1. The fourth-order valence-corrected chi connectivity index (χ4v) is 1.41. The first-order valence-corrected chi connectivity index (χ1v) is 5.20. The molecule has 0 aromatic heterocycles. The van der Waals surface area contributed by atoms with Crippen molar-refractivity contribution in [1.82, 2.24) is 0 Å². The van der Waals surface area contributed by atoms with E-state index in [1.54, 1.807) is 6.07 Å². The molecular formula is C12H6ClFN4O. The first-order valence-electron chi connectivity index (χ1n) is 4.82. The predicted molar refractivity (Wildman–Crippen MR) is 65.4 cm³/mol. The van der Waals surface area contributed by atoms with E-state index < -0.39 is 11.4 Å². The molecule has 0 atom stereocenters. The van der Waals surface area contributed by atoms with Crippen LogP contribution in [0.3, 0.4) is 0 Å². The molecule has 1 aromatic carbocycles. The smallest absolute Gasteiger partial charge is 0.189 e. The molecule has 0 spiro atoms. The SMILES string of the molecule is COc1ccc(Cl)c(NC(C#N)=C(C#N)C#N)c1F. The van der Waals surface area contributed by atoms with E-state index in [1.807, 2.05) is 0 Å². The number of rotatable bonds is 3. The Morgan fingerprint density at radius 2 is 1.89 bits per heavy atom. The van der Waals surface area contributed by atoms with Crippen molar-refractivity contribution in [2.75, 3.05) is 12.4 Å². The van der Waals surface area contributed by atoms with Crippen LogP contribution in [0.2, 0.25) is 5.02 Å². The molecule has 0 aliphatic carbocycles. The minimum Gasteiger partial charge on any atom is -0.494 e. The maximum atomic E-state index is 13.9. The number of anilines is 1. The predicted octanol–water partition coefficient (Wildman–Crippen LogP) is 2.72. The molecule has 0 aliphatic heterocycles. The van der Waals surface area contributed by atoms with Crippen LogP contribution in [0.5, 0.6) is 5.75 Å². The molecule has 0 fully saturated rings. The first-order chi connectivity index (χ1) is 9.08. The van der Waals surface area contributed by atoms with Gasteiger partial charge in [-0.25, -0.2) is 4.39 Å². The highest BCUT2D eigenvalue weighted by atomic mass is 35.5. The highest BCUT2D eigenvalue weighted by Crippen LogP contribution is 2.32. The average Bonchev–Trinajstić information content (AvgIpc) is 2.42. The maximum absolute atomic E-state index is 13.9. The van der Waals surface area contributed by atoms with Crippen molar-refractivity contribution in [1.29, 1.82) is 15.8 Å². The monoisotopic (exact) mass is 276 g/mol. The number of hydrogen-bond donors (Lipinski definition) is 1. The topological polar surface area (TPSA) is 92.6 Å². The minimum absolute atomic E-state index is 0.0127. The van der Waals surface area contributed by atoms with Crippen LogP contribution in [-0.2, 0) is 0 Å². The Kier molecular flexibility index (Phi) is 4.71. The van der Waals surface area contributed by atoms with Crippen LogP contribution in [0.15, 0.2) is 23.4 Å². The summed E-state index contributed by atoms with van der Waals surface area (Å²) >= 11 is 5.79. The van der Waals surface area contributed by atoms with E-state index in [9.17, 15) is 4.39 Å². The molecule has 5 nitrogen and oxygen atoms in total. The van der Waals surface area contributed by atoms with Gasteiger partial charge in [-0.05, 0) is 12.1 Å². The Bertz CT molecular complexity index is 648. The van der Waals surface area contributed by atoms with Crippen molar-refractivity contribution >= 4 is 17.3 Å². The van der Waals surface area contributed by atoms with E-state index in [2.05, 4.69) is 5.32 Å². The van der Waals surface area contributed by atoms with Crippen LogP contribution in [0.1, 0.15) is 0 Å². The van der Waals surface area contributed by atoms with E-state index in [0.717, 1.165) is 0 Å². The second-order valence-electron chi connectivity index (χ2n) is 3.15. The van der Waals surface area contributed by atoms with E-state index in [4.69, 9.17) is 32.1 Å². The Balaban J connectivity index is 3.36. The fourth-order valence-electron chi connectivity index (χ4n) is 1.21. The second-order valence-corrected chi connectivity index (χ2v) is 3.56. The molecule has 0 saturated heterocycles. The summed E-state index contributed by atoms with van der Waals surface area (Å²) < 4.78 is 18.7. The maximum Gasteiger partial charge on any atom is 0.189 e. The zero-order valence-corrected chi connectivity index (χ0v) is 10.4. The molecule has 94 valence electrons. The molecule has 19 heavy (non-hydrogen) atoms. The van der Waals surface area contributed by atoms with Crippen LogP contribution >= 0.6 is 11.6 Å². The highest BCUT2D eigenvalue weighted by Gasteiger charge is 2.16. The van der Waals surface area contributed by atoms with Gasteiger partial charge < -0.3 is 10.1 Å². The van der Waals surface area contributed by atoms with Gasteiger partial charge in [0.1, 0.15) is 23.9 Å². The summed E-state index contributed by atoms with van der Waals surface area (Å²) in [6.07, 6.45) is 0. The van der Waals surface area contributed by atoms with Gasteiger partial charge in [0.2, 0.25) is 0 Å². The molecule has 1 rings (SSSR count). The minimum atomic E-state index is -0.821. The summed E-state index contributed by atoms with van der Waals surface area (Å²) in [5.41, 5.74) is -1.10. The van der Waals surface area contributed by atoms with E-state index in [-0.39, 0.29) is 22.2 Å². The lowest BCUT2D eigenvalue weighted by Gasteiger charge is -2.10. The van der Waals surface area contributed by atoms with Crippen LogP contribution in [0.25, 0.3) is 0 Å². The van der Waals surface area contributed by atoms with Crippen molar-refractivity contribution < 1.29 is 9.13 Å². The van der Waals surface area contributed by atoms with Crippen molar-refractivity contribution in [2.24, 2.45) is 0 Å². The Labute approximate surface area is 113 Å².